The van der Waals surface area contributed by atoms with Gasteiger partial charge in [0.2, 0.25) is 5.91 Å². The molecule has 0 unspecified atom stereocenters. The first kappa shape index (κ1) is 18.5. The number of carbonyl (C=O) groups is 2. The van der Waals surface area contributed by atoms with Crippen LogP contribution in [0.3, 0.4) is 0 Å². The normalized spacial score (nSPS) is 16.0. The van der Waals surface area contributed by atoms with Crippen LogP contribution >= 0.6 is 0 Å². The van der Waals surface area contributed by atoms with Gasteiger partial charge in [-0.05, 0) is 49.9 Å². The summed E-state index contributed by atoms with van der Waals surface area (Å²) in [6.07, 6.45) is 3.39. The van der Waals surface area contributed by atoms with Gasteiger partial charge in [-0.25, -0.2) is 0 Å². The van der Waals surface area contributed by atoms with E-state index in [0.29, 0.717) is 44.1 Å². The van der Waals surface area contributed by atoms with Crippen molar-refractivity contribution in [3.05, 3.63) is 64.7 Å². The van der Waals surface area contributed by atoms with Crippen LogP contribution in [0.2, 0.25) is 0 Å². The third-order valence-electron chi connectivity index (χ3n) is 5.24. The van der Waals surface area contributed by atoms with Crippen LogP contribution in [0.4, 0.5) is 0 Å². The summed E-state index contributed by atoms with van der Waals surface area (Å²) in [5.74, 6) is 0.963. The summed E-state index contributed by atoms with van der Waals surface area (Å²) in [5.41, 5.74) is 3.87. The molecule has 2 aromatic rings. The minimum absolute atomic E-state index is 0.0226. The van der Waals surface area contributed by atoms with Gasteiger partial charge in [-0.2, -0.15) is 0 Å². The van der Waals surface area contributed by atoms with Crippen LogP contribution < -0.4 is 10.1 Å². The average molecular weight is 378 g/mol. The van der Waals surface area contributed by atoms with Gasteiger partial charge >= 0.3 is 0 Å². The number of hydrogen-bond acceptors (Lipinski definition) is 3. The molecule has 0 aromatic heterocycles. The molecule has 0 radical (unpaired) electrons. The Labute approximate surface area is 165 Å². The van der Waals surface area contributed by atoms with Gasteiger partial charge < -0.3 is 15.0 Å². The zero-order valence-electron chi connectivity index (χ0n) is 16.2. The molecule has 1 aliphatic heterocycles. The molecule has 0 saturated heterocycles. The maximum atomic E-state index is 12.9. The Kier molecular flexibility index (Phi) is 5.33. The van der Waals surface area contributed by atoms with E-state index in [2.05, 4.69) is 11.4 Å². The zero-order chi connectivity index (χ0) is 19.5. The second-order valence-electron chi connectivity index (χ2n) is 7.73. The van der Waals surface area contributed by atoms with E-state index in [-0.39, 0.29) is 11.8 Å². The molecular formula is C23H26N2O3. The van der Waals surface area contributed by atoms with Crippen LogP contribution in [0, 0.1) is 6.92 Å². The first-order chi connectivity index (χ1) is 13.6. The number of nitrogens with zero attached hydrogens (tertiary/aromatic N) is 1. The largest absolute Gasteiger partial charge is 0.491 e. The number of rotatable bonds is 5. The van der Waals surface area contributed by atoms with Gasteiger partial charge in [0, 0.05) is 30.1 Å². The van der Waals surface area contributed by atoms with Crippen molar-refractivity contribution >= 4 is 11.8 Å². The van der Waals surface area contributed by atoms with E-state index in [1.807, 2.05) is 48.2 Å². The fourth-order valence-electron chi connectivity index (χ4n) is 3.52. The lowest BCUT2D eigenvalue weighted by Gasteiger charge is -2.20. The Hall–Kier alpha value is -2.82. The molecule has 2 aliphatic rings. The van der Waals surface area contributed by atoms with Crippen LogP contribution in [-0.4, -0.2) is 35.9 Å². The van der Waals surface area contributed by atoms with Crippen molar-refractivity contribution in [2.45, 2.75) is 45.2 Å². The smallest absolute Gasteiger partial charge is 0.254 e. The van der Waals surface area contributed by atoms with Crippen molar-refractivity contribution in [3.63, 3.8) is 0 Å². The highest BCUT2D eigenvalue weighted by atomic mass is 16.5. The highest BCUT2D eigenvalue weighted by molar-refractivity contribution is 5.94. The van der Waals surface area contributed by atoms with Gasteiger partial charge in [-0.15, -0.1) is 0 Å². The van der Waals surface area contributed by atoms with E-state index in [0.717, 1.165) is 35.3 Å². The number of nitrogens with one attached hydrogen (secondary N) is 1. The lowest BCUT2D eigenvalue weighted by atomic mass is 10.0. The predicted molar refractivity (Wildman–Crippen MR) is 107 cm³/mol. The van der Waals surface area contributed by atoms with Crippen molar-refractivity contribution in [3.8, 4) is 5.75 Å². The predicted octanol–water partition coefficient (Wildman–Crippen LogP) is 3.24. The summed E-state index contributed by atoms with van der Waals surface area (Å²) < 4.78 is 5.86. The Bertz CT molecular complexity index is 889. The monoisotopic (exact) mass is 378 g/mol. The molecule has 4 rings (SSSR count). The molecule has 0 bridgehead atoms. The molecule has 5 nitrogen and oxygen atoms in total. The van der Waals surface area contributed by atoms with Gasteiger partial charge in [-0.3, -0.25) is 9.59 Å². The lowest BCUT2D eigenvalue weighted by Crippen LogP contribution is -2.32. The standard InChI is InChI=1S/C23H26N2O3/c1-16-3-2-4-18(13-16)23(27)25-11-12-28-21-9-5-17(14-19(21)15-25)6-10-22(26)24-20-7-8-20/h2-5,9,13-14,20H,6-8,10-12,15H2,1H3,(H,24,26). The molecule has 2 aromatic carbocycles. The first-order valence-electron chi connectivity index (χ1n) is 9.98. The summed E-state index contributed by atoms with van der Waals surface area (Å²) in [7, 11) is 0. The average Bonchev–Trinajstić information content (AvgIpc) is 3.51. The van der Waals surface area contributed by atoms with E-state index in [1.165, 1.54) is 0 Å². The van der Waals surface area contributed by atoms with Crippen LogP contribution in [0.15, 0.2) is 42.5 Å². The Morgan fingerprint density at radius 2 is 2.04 bits per heavy atom. The van der Waals surface area contributed by atoms with Gasteiger partial charge in [0.15, 0.2) is 0 Å². The first-order valence-corrected chi connectivity index (χ1v) is 9.98. The Morgan fingerprint density at radius 3 is 2.82 bits per heavy atom. The van der Waals surface area contributed by atoms with Gasteiger partial charge in [0.05, 0.1) is 6.54 Å². The fourth-order valence-corrected chi connectivity index (χ4v) is 3.52. The van der Waals surface area contributed by atoms with Gasteiger partial charge in [-0.1, -0.05) is 29.8 Å². The summed E-state index contributed by atoms with van der Waals surface area (Å²) in [5, 5.41) is 3.02. The van der Waals surface area contributed by atoms with Crippen molar-refractivity contribution in [1.29, 1.82) is 0 Å². The molecule has 5 heteroatoms. The van der Waals surface area contributed by atoms with E-state index in [4.69, 9.17) is 4.74 Å². The van der Waals surface area contributed by atoms with Crippen LogP contribution in [-0.2, 0) is 17.8 Å². The number of amides is 2. The third kappa shape index (κ3) is 4.53. The summed E-state index contributed by atoms with van der Waals surface area (Å²) >= 11 is 0. The molecule has 146 valence electrons. The number of hydrogen-bond donors (Lipinski definition) is 1. The molecule has 1 aliphatic carbocycles. The van der Waals surface area contributed by atoms with Gasteiger partial charge in [0.25, 0.3) is 5.91 Å². The van der Waals surface area contributed by atoms with E-state index >= 15 is 0 Å². The molecule has 2 amide bonds. The molecular weight excluding hydrogens is 352 g/mol. The van der Waals surface area contributed by atoms with Gasteiger partial charge in [0.1, 0.15) is 12.4 Å². The van der Waals surface area contributed by atoms with E-state index in [9.17, 15) is 9.59 Å². The number of aryl methyl sites for hydroxylation is 2. The number of ether oxygens (including phenoxy) is 1. The topological polar surface area (TPSA) is 58.6 Å². The highest BCUT2D eigenvalue weighted by Gasteiger charge is 2.23. The number of carbonyl (C=O) groups excluding carboxylic acids is 2. The summed E-state index contributed by atoms with van der Waals surface area (Å²) in [4.78, 5) is 26.7. The minimum atomic E-state index is 0.0226. The van der Waals surface area contributed by atoms with Crippen molar-refractivity contribution < 1.29 is 14.3 Å². The molecule has 1 saturated carbocycles. The molecule has 0 spiro atoms. The highest BCUT2D eigenvalue weighted by Crippen LogP contribution is 2.26. The lowest BCUT2D eigenvalue weighted by molar-refractivity contribution is -0.121. The Balaban J connectivity index is 1.45. The molecule has 1 fully saturated rings. The summed E-state index contributed by atoms with van der Waals surface area (Å²) in [6, 6.07) is 14.1. The van der Waals surface area contributed by atoms with Crippen LogP contribution in [0.25, 0.3) is 0 Å². The number of fused-ring (bicyclic) bond motifs is 1. The molecule has 0 atom stereocenters. The quantitative estimate of drug-likeness (QED) is 0.869. The van der Waals surface area contributed by atoms with E-state index in [1.54, 1.807) is 0 Å². The Morgan fingerprint density at radius 1 is 1.18 bits per heavy atom. The van der Waals surface area contributed by atoms with E-state index < -0.39 is 0 Å². The SMILES string of the molecule is Cc1cccc(C(=O)N2CCOc3ccc(CCC(=O)NC4CC4)cc3C2)c1. The minimum Gasteiger partial charge on any atom is -0.491 e. The third-order valence-corrected chi connectivity index (χ3v) is 5.24. The fraction of sp³-hybridized carbons (Fsp3) is 0.391. The van der Waals surface area contributed by atoms with Crippen molar-refractivity contribution in [2.75, 3.05) is 13.2 Å². The summed E-state index contributed by atoms with van der Waals surface area (Å²) in [6.45, 7) is 3.54. The maximum Gasteiger partial charge on any atom is 0.254 e. The van der Waals surface area contributed by atoms with Crippen LogP contribution in [0.5, 0.6) is 5.75 Å². The maximum absolute atomic E-state index is 12.9. The van der Waals surface area contributed by atoms with Crippen LogP contribution in [0.1, 0.15) is 46.3 Å². The second kappa shape index (κ2) is 8.05. The molecule has 1 heterocycles. The molecule has 1 N–H and O–H groups in total. The molecule has 28 heavy (non-hydrogen) atoms. The van der Waals surface area contributed by atoms with Crippen molar-refractivity contribution in [1.82, 2.24) is 10.2 Å². The second-order valence-corrected chi connectivity index (χ2v) is 7.73. The zero-order valence-corrected chi connectivity index (χ0v) is 16.2. The van der Waals surface area contributed by atoms with Crippen molar-refractivity contribution in [2.24, 2.45) is 0 Å². The number of benzene rings is 2.